The lowest BCUT2D eigenvalue weighted by molar-refractivity contribution is -0.114. The molecule has 0 saturated heterocycles. The lowest BCUT2D eigenvalue weighted by Crippen LogP contribution is -2.24. The summed E-state index contributed by atoms with van der Waals surface area (Å²) in [7, 11) is 0. The number of nitrogens with one attached hydrogen (secondary N) is 2. The first kappa shape index (κ1) is 21.6. The lowest BCUT2D eigenvalue weighted by Gasteiger charge is -2.24. The molecule has 0 radical (unpaired) electrons. The van der Waals surface area contributed by atoms with Gasteiger partial charge in [0.15, 0.2) is 5.75 Å². The van der Waals surface area contributed by atoms with Crippen LogP contribution in [0.5, 0.6) is 5.75 Å². The second-order valence-corrected chi connectivity index (χ2v) is 6.97. The molecule has 0 bridgehead atoms. The molecule has 0 spiro atoms. The minimum atomic E-state index is -0.292. The number of phenols is 1. The van der Waals surface area contributed by atoms with E-state index in [1.165, 1.54) is 12.6 Å². The fraction of sp³-hybridized carbons (Fsp3) is 0.318. The number of aromatic hydroxyl groups is 1. The summed E-state index contributed by atoms with van der Waals surface area (Å²) in [5.74, 6) is -0.470. The Balaban J connectivity index is 2.32. The van der Waals surface area contributed by atoms with Gasteiger partial charge in [0, 0.05) is 42.6 Å². The van der Waals surface area contributed by atoms with Crippen molar-refractivity contribution in [3.63, 3.8) is 0 Å². The zero-order valence-electron chi connectivity index (χ0n) is 16.7. The van der Waals surface area contributed by atoms with Gasteiger partial charge in [-0.05, 0) is 43.2 Å². The van der Waals surface area contributed by atoms with Gasteiger partial charge in [0.2, 0.25) is 5.91 Å². The monoisotopic (exact) mass is 401 g/mol. The van der Waals surface area contributed by atoms with Crippen molar-refractivity contribution in [1.29, 1.82) is 0 Å². The average Bonchev–Trinajstić information content (AvgIpc) is 2.66. The number of benzene rings is 2. The highest BCUT2D eigenvalue weighted by atomic mass is 35.5. The van der Waals surface area contributed by atoms with E-state index in [0.29, 0.717) is 11.3 Å². The first-order valence-electron chi connectivity index (χ1n) is 9.48. The third-order valence-corrected chi connectivity index (χ3v) is 4.67. The lowest BCUT2D eigenvalue weighted by atomic mass is 10.1. The molecular formula is C22H28ClN3O2. The molecule has 0 fully saturated rings. The highest BCUT2D eigenvalue weighted by molar-refractivity contribution is 6.34. The second-order valence-electron chi connectivity index (χ2n) is 6.59. The largest absolute Gasteiger partial charge is 0.504 e. The van der Waals surface area contributed by atoms with Crippen LogP contribution in [0.1, 0.15) is 39.2 Å². The van der Waals surface area contributed by atoms with Crippen LogP contribution < -0.4 is 15.5 Å². The number of nitrogens with zero attached hydrogens (tertiary/aromatic N) is 1. The number of carbonyl (C=O) groups excluding carboxylic acids is 1. The summed E-state index contributed by atoms with van der Waals surface area (Å²) < 4.78 is 0. The molecule has 5 nitrogen and oxygen atoms in total. The maximum absolute atomic E-state index is 11.4. The molecule has 0 aliphatic rings. The molecule has 0 saturated carbocycles. The van der Waals surface area contributed by atoms with Gasteiger partial charge in [-0.2, -0.15) is 0 Å². The van der Waals surface area contributed by atoms with Crippen LogP contribution in [-0.4, -0.2) is 24.1 Å². The van der Waals surface area contributed by atoms with E-state index in [9.17, 15) is 9.90 Å². The highest BCUT2D eigenvalue weighted by Gasteiger charge is 2.16. The van der Waals surface area contributed by atoms with Crippen LogP contribution in [0.15, 0.2) is 36.9 Å². The quantitative estimate of drug-likeness (QED) is 0.355. The van der Waals surface area contributed by atoms with E-state index in [1.807, 2.05) is 12.1 Å². The molecule has 0 unspecified atom stereocenters. The predicted octanol–water partition coefficient (Wildman–Crippen LogP) is 6.02. The Morgan fingerprint density at radius 2 is 1.79 bits per heavy atom. The maximum atomic E-state index is 11.4. The Morgan fingerprint density at radius 1 is 1.18 bits per heavy atom. The Labute approximate surface area is 172 Å². The molecule has 0 atom stereocenters. The van der Waals surface area contributed by atoms with Gasteiger partial charge in [-0.3, -0.25) is 4.79 Å². The second kappa shape index (κ2) is 10.0. The normalized spacial score (nSPS) is 10.4. The predicted molar refractivity (Wildman–Crippen MR) is 120 cm³/mol. The zero-order chi connectivity index (χ0) is 20.7. The fourth-order valence-electron chi connectivity index (χ4n) is 3.06. The van der Waals surface area contributed by atoms with Gasteiger partial charge in [-0.15, -0.1) is 0 Å². The number of phenolic OH excluding ortho intramolecular Hbond substituents is 1. The van der Waals surface area contributed by atoms with E-state index in [-0.39, 0.29) is 22.4 Å². The molecule has 2 aromatic rings. The van der Waals surface area contributed by atoms with Crippen LogP contribution in [-0.2, 0) is 4.79 Å². The van der Waals surface area contributed by atoms with Crippen molar-refractivity contribution in [2.75, 3.05) is 28.6 Å². The number of hydrogen-bond donors (Lipinski definition) is 3. The van der Waals surface area contributed by atoms with Gasteiger partial charge < -0.3 is 20.6 Å². The first-order chi connectivity index (χ1) is 13.4. The van der Waals surface area contributed by atoms with E-state index in [1.54, 1.807) is 12.1 Å². The Hall–Kier alpha value is -2.66. The van der Waals surface area contributed by atoms with Gasteiger partial charge in [0.05, 0.1) is 10.7 Å². The van der Waals surface area contributed by atoms with Crippen molar-refractivity contribution in [3.05, 3.63) is 47.5 Å². The molecule has 0 aromatic heterocycles. The SMILES string of the molecule is C=Cc1c(Nc2ccc(N(CCC)CCC)cc2)cc(NC(C)=O)c(O)c1Cl. The number of halogens is 1. The molecule has 0 heterocycles. The molecule has 0 aliphatic carbocycles. The molecule has 6 heteroatoms. The average molecular weight is 402 g/mol. The third kappa shape index (κ3) is 5.20. The molecule has 28 heavy (non-hydrogen) atoms. The Kier molecular flexibility index (Phi) is 7.76. The molecule has 0 aliphatic heterocycles. The van der Waals surface area contributed by atoms with Gasteiger partial charge in [0.1, 0.15) is 0 Å². The van der Waals surface area contributed by atoms with Crippen molar-refractivity contribution in [2.24, 2.45) is 0 Å². The topological polar surface area (TPSA) is 64.6 Å². The summed E-state index contributed by atoms with van der Waals surface area (Å²) in [6, 6.07) is 9.81. The van der Waals surface area contributed by atoms with Crippen LogP contribution in [0.4, 0.5) is 22.7 Å². The van der Waals surface area contributed by atoms with Crippen molar-refractivity contribution >= 4 is 46.3 Å². The smallest absolute Gasteiger partial charge is 0.221 e. The number of carbonyl (C=O) groups is 1. The van der Waals surface area contributed by atoms with Gasteiger partial charge in [-0.25, -0.2) is 0 Å². The summed E-state index contributed by atoms with van der Waals surface area (Å²) >= 11 is 6.27. The third-order valence-electron chi connectivity index (χ3n) is 4.29. The van der Waals surface area contributed by atoms with E-state index in [4.69, 9.17) is 11.6 Å². The first-order valence-corrected chi connectivity index (χ1v) is 9.86. The van der Waals surface area contributed by atoms with Gasteiger partial charge >= 0.3 is 0 Å². The van der Waals surface area contributed by atoms with Crippen LogP contribution >= 0.6 is 11.6 Å². The Morgan fingerprint density at radius 3 is 2.29 bits per heavy atom. The maximum Gasteiger partial charge on any atom is 0.221 e. The minimum absolute atomic E-state index is 0.137. The van der Waals surface area contributed by atoms with Gasteiger partial charge in [0.25, 0.3) is 0 Å². The van der Waals surface area contributed by atoms with Gasteiger partial charge in [-0.1, -0.05) is 38.1 Å². The minimum Gasteiger partial charge on any atom is -0.504 e. The van der Waals surface area contributed by atoms with Crippen LogP contribution in [0.3, 0.4) is 0 Å². The number of anilines is 4. The molecule has 150 valence electrons. The van der Waals surface area contributed by atoms with Crippen molar-refractivity contribution in [2.45, 2.75) is 33.6 Å². The highest BCUT2D eigenvalue weighted by Crippen LogP contribution is 2.41. The van der Waals surface area contributed by atoms with Crippen LogP contribution in [0.25, 0.3) is 6.08 Å². The Bertz CT molecular complexity index is 829. The standard InChI is InChI=1S/C22H28ClN3O2/c1-5-12-26(13-6-2)17-10-8-16(9-11-17)25-19-14-20(24-15(4)27)22(28)21(23)18(19)7-3/h7-11,14,25,28H,3,5-6,12-13H2,1-2,4H3,(H,24,27). The number of amides is 1. The summed E-state index contributed by atoms with van der Waals surface area (Å²) in [6.45, 7) is 11.5. The van der Waals surface area contributed by atoms with E-state index >= 15 is 0 Å². The molecule has 2 rings (SSSR count). The fourth-order valence-corrected chi connectivity index (χ4v) is 3.34. The van der Waals surface area contributed by atoms with Crippen molar-refractivity contribution in [1.82, 2.24) is 0 Å². The van der Waals surface area contributed by atoms with Crippen molar-refractivity contribution in [3.8, 4) is 5.75 Å². The summed E-state index contributed by atoms with van der Waals surface area (Å²) in [6.07, 6.45) is 3.77. The van der Waals surface area contributed by atoms with E-state index < -0.39 is 0 Å². The number of hydrogen-bond acceptors (Lipinski definition) is 4. The van der Waals surface area contributed by atoms with E-state index in [0.717, 1.165) is 31.6 Å². The van der Waals surface area contributed by atoms with Crippen LogP contribution in [0, 0.1) is 0 Å². The summed E-state index contributed by atoms with van der Waals surface area (Å²) in [4.78, 5) is 13.8. The molecule has 1 amide bonds. The summed E-state index contributed by atoms with van der Waals surface area (Å²) in [5, 5.41) is 16.2. The summed E-state index contributed by atoms with van der Waals surface area (Å²) in [5.41, 5.74) is 3.51. The van der Waals surface area contributed by atoms with Crippen LogP contribution in [0.2, 0.25) is 5.02 Å². The zero-order valence-corrected chi connectivity index (χ0v) is 17.4. The van der Waals surface area contributed by atoms with E-state index in [2.05, 4.69) is 48.1 Å². The number of rotatable bonds is 9. The van der Waals surface area contributed by atoms with Crippen molar-refractivity contribution < 1.29 is 9.90 Å². The molecule has 3 N–H and O–H groups in total. The molecular weight excluding hydrogens is 374 g/mol. The molecule has 2 aromatic carbocycles.